The lowest BCUT2D eigenvalue weighted by Gasteiger charge is -2.31. The number of aliphatic hydroxyl groups is 1. The van der Waals surface area contributed by atoms with E-state index in [9.17, 15) is 9.59 Å². The molecule has 32 heavy (non-hydrogen) atoms. The molecular formula is C25H40N2O4S. The first-order valence-electron chi connectivity index (χ1n) is 11.5. The molecule has 7 heteroatoms. The standard InChI is InChI=1S/C25H40N2O4S/c1-23(2,18-32-15-14-28)10-7-11-24(3,21(29)27-26-4)20-9-6-8-19(16-20)17-25(12-13-25)22(30)31-5/h6,8-9,16,26,28H,7,10-15,17-18H2,1-5H3,(H,27,29). The molecule has 0 saturated heterocycles. The van der Waals surface area contributed by atoms with Crippen LogP contribution >= 0.6 is 11.8 Å². The summed E-state index contributed by atoms with van der Waals surface area (Å²) in [6, 6.07) is 8.11. The van der Waals surface area contributed by atoms with Crippen molar-refractivity contribution >= 4 is 23.6 Å². The van der Waals surface area contributed by atoms with E-state index in [4.69, 9.17) is 9.84 Å². The van der Waals surface area contributed by atoms with Crippen LogP contribution in [0.1, 0.15) is 64.0 Å². The highest BCUT2D eigenvalue weighted by molar-refractivity contribution is 7.99. The monoisotopic (exact) mass is 464 g/mol. The number of nitrogens with one attached hydrogen (secondary N) is 2. The van der Waals surface area contributed by atoms with Crippen LogP contribution in [0.4, 0.5) is 0 Å². The van der Waals surface area contributed by atoms with Gasteiger partial charge in [-0.25, -0.2) is 5.43 Å². The molecule has 1 fully saturated rings. The van der Waals surface area contributed by atoms with Gasteiger partial charge in [-0.1, -0.05) is 44.5 Å². The lowest BCUT2D eigenvalue weighted by atomic mass is 9.75. The predicted molar refractivity (Wildman–Crippen MR) is 130 cm³/mol. The topological polar surface area (TPSA) is 87.7 Å². The van der Waals surface area contributed by atoms with Gasteiger partial charge in [0.25, 0.3) is 0 Å². The van der Waals surface area contributed by atoms with Gasteiger partial charge in [0, 0.05) is 12.8 Å². The van der Waals surface area contributed by atoms with Crippen molar-refractivity contribution in [1.82, 2.24) is 10.9 Å². The summed E-state index contributed by atoms with van der Waals surface area (Å²) < 4.78 is 5.01. The van der Waals surface area contributed by atoms with E-state index in [2.05, 4.69) is 30.8 Å². The normalized spacial score (nSPS) is 16.8. The average molecular weight is 465 g/mol. The summed E-state index contributed by atoms with van der Waals surface area (Å²) in [5, 5.41) is 9.03. The van der Waals surface area contributed by atoms with E-state index in [-0.39, 0.29) is 23.9 Å². The maximum Gasteiger partial charge on any atom is 0.312 e. The molecule has 0 aromatic heterocycles. The Hall–Kier alpha value is -1.57. The number of amides is 1. The number of aliphatic hydroxyl groups excluding tert-OH is 1. The Morgan fingerprint density at radius 1 is 1.22 bits per heavy atom. The predicted octanol–water partition coefficient (Wildman–Crippen LogP) is 3.61. The van der Waals surface area contributed by atoms with Crippen molar-refractivity contribution in [3.8, 4) is 0 Å². The van der Waals surface area contributed by atoms with Crippen molar-refractivity contribution in [2.45, 2.75) is 64.7 Å². The number of rotatable bonds is 14. The van der Waals surface area contributed by atoms with Gasteiger partial charge >= 0.3 is 5.97 Å². The summed E-state index contributed by atoms with van der Waals surface area (Å²) in [5.74, 6) is 1.54. The van der Waals surface area contributed by atoms with E-state index in [1.54, 1.807) is 18.8 Å². The van der Waals surface area contributed by atoms with Crippen LogP contribution in [0.25, 0.3) is 0 Å². The number of carbonyl (C=O) groups is 2. The van der Waals surface area contributed by atoms with Crippen LogP contribution in [0.2, 0.25) is 0 Å². The first-order chi connectivity index (χ1) is 15.1. The smallest absolute Gasteiger partial charge is 0.312 e. The Labute approximate surface area is 197 Å². The van der Waals surface area contributed by atoms with Gasteiger partial charge in [0.1, 0.15) is 0 Å². The number of methoxy groups -OCH3 is 1. The van der Waals surface area contributed by atoms with E-state index >= 15 is 0 Å². The molecule has 1 unspecified atom stereocenters. The van der Waals surface area contributed by atoms with Crippen LogP contribution < -0.4 is 10.9 Å². The fourth-order valence-corrected chi connectivity index (χ4v) is 5.25. The molecule has 0 radical (unpaired) electrons. The van der Waals surface area contributed by atoms with E-state index < -0.39 is 10.8 Å². The van der Waals surface area contributed by atoms with Crippen molar-refractivity contribution in [3.05, 3.63) is 35.4 Å². The third-order valence-electron chi connectivity index (χ3n) is 6.58. The van der Waals surface area contributed by atoms with Crippen molar-refractivity contribution < 1.29 is 19.4 Å². The minimum absolute atomic E-state index is 0.0567. The Morgan fingerprint density at radius 3 is 2.53 bits per heavy atom. The number of hydrogen-bond acceptors (Lipinski definition) is 6. The highest BCUT2D eigenvalue weighted by Gasteiger charge is 2.51. The number of hydrazine groups is 1. The van der Waals surface area contributed by atoms with Crippen LogP contribution in [0.5, 0.6) is 0 Å². The highest BCUT2D eigenvalue weighted by Crippen LogP contribution is 2.49. The van der Waals surface area contributed by atoms with Crippen molar-refractivity contribution in [3.63, 3.8) is 0 Å². The molecule has 3 N–H and O–H groups in total. The molecule has 0 aliphatic heterocycles. The van der Waals surface area contributed by atoms with Gasteiger partial charge in [-0.05, 0) is 61.3 Å². The van der Waals surface area contributed by atoms with Gasteiger partial charge in [-0.15, -0.1) is 0 Å². The van der Waals surface area contributed by atoms with Crippen LogP contribution in [-0.4, -0.2) is 49.3 Å². The fraction of sp³-hybridized carbons (Fsp3) is 0.680. The average Bonchev–Trinajstić information content (AvgIpc) is 3.53. The number of benzene rings is 1. The Kier molecular flexibility index (Phi) is 9.61. The molecule has 180 valence electrons. The number of ether oxygens (including phenoxy) is 1. The molecule has 1 aromatic carbocycles. The number of thioether (sulfide) groups is 1. The largest absolute Gasteiger partial charge is 0.469 e. The van der Waals surface area contributed by atoms with Crippen molar-refractivity contribution in [2.24, 2.45) is 10.8 Å². The molecular weight excluding hydrogens is 424 g/mol. The molecule has 1 aliphatic rings. The molecule has 6 nitrogen and oxygen atoms in total. The first kappa shape index (κ1) is 26.7. The summed E-state index contributed by atoms with van der Waals surface area (Å²) in [6.07, 6.45) is 4.98. The molecule has 0 heterocycles. The Balaban J connectivity index is 2.16. The van der Waals surface area contributed by atoms with E-state index in [1.807, 2.05) is 25.1 Å². The van der Waals surface area contributed by atoms with E-state index in [0.29, 0.717) is 6.42 Å². The fourth-order valence-electron chi connectivity index (χ4n) is 4.28. The second-order valence-corrected chi connectivity index (χ2v) is 11.1. The number of hydrogen-bond donors (Lipinski definition) is 3. The van der Waals surface area contributed by atoms with Gasteiger partial charge in [0.15, 0.2) is 0 Å². The minimum atomic E-state index is -0.685. The third-order valence-corrected chi connectivity index (χ3v) is 8.03. The van der Waals surface area contributed by atoms with Crippen LogP contribution in [-0.2, 0) is 26.2 Å². The maximum atomic E-state index is 13.1. The SMILES string of the molecule is CNNC(=O)C(C)(CCCC(C)(C)CSCCO)c1cccc(CC2(C(=O)OC)CC2)c1. The maximum absolute atomic E-state index is 13.1. The zero-order chi connectivity index (χ0) is 23.8. The quantitative estimate of drug-likeness (QED) is 0.221. The number of carbonyl (C=O) groups excluding carboxylic acids is 2. The van der Waals surface area contributed by atoms with Crippen LogP contribution in [0, 0.1) is 10.8 Å². The van der Waals surface area contributed by atoms with Gasteiger partial charge in [-0.2, -0.15) is 11.8 Å². The molecule has 0 bridgehead atoms. The number of esters is 1. The highest BCUT2D eigenvalue weighted by atomic mass is 32.2. The zero-order valence-corrected chi connectivity index (χ0v) is 21.1. The van der Waals surface area contributed by atoms with Crippen molar-refractivity contribution in [2.75, 3.05) is 32.3 Å². The molecule has 1 aromatic rings. The second kappa shape index (κ2) is 11.5. The summed E-state index contributed by atoms with van der Waals surface area (Å²) >= 11 is 1.77. The van der Waals surface area contributed by atoms with E-state index in [0.717, 1.165) is 54.7 Å². The molecule has 2 rings (SSSR count). The first-order valence-corrected chi connectivity index (χ1v) is 12.6. The molecule has 1 saturated carbocycles. The van der Waals surface area contributed by atoms with E-state index in [1.165, 1.54) is 7.11 Å². The van der Waals surface area contributed by atoms with Crippen LogP contribution in [0.15, 0.2) is 24.3 Å². The molecule has 1 amide bonds. The lowest BCUT2D eigenvalue weighted by molar-refractivity contribution is -0.147. The van der Waals surface area contributed by atoms with Gasteiger partial charge in [-0.3, -0.25) is 15.0 Å². The zero-order valence-electron chi connectivity index (χ0n) is 20.3. The minimum Gasteiger partial charge on any atom is -0.469 e. The molecule has 1 atom stereocenters. The summed E-state index contributed by atoms with van der Waals surface area (Å²) in [6.45, 7) is 6.69. The van der Waals surface area contributed by atoms with Gasteiger partial charge < -0.3 is 9.84 Å². The Morgan fingerprint density at radius 2 is 1.94 bits per heavy atom. The third kappa shape index (κ3) is 6.96. The summed E-state index contributed by atoms with van der Waals surface area (Å²) in [4.78, 5) is 25.3. The molecule has 1 aliphatic carbocycles. The lowest BCUT2D eigenvalue weighted by Crippen LogP contribution is -2.47. The van der Waals surface area contributed by atoms with Gasteiger partial charge in [0.05, 0.1) is 24.5 Å². The van der Waals surface area contributed by atoms with Gasteiger partial charge in [0.2, 0.25) is 5.91 Å². The Bertz CT molecular complexity index is 779. The van der Waals surface area contributed by atoms with Crippen LogP contribution in [0.3, 0.4) is 0 Å². The second-order valence-electron chi connectivity index (χ2n) is 9.98. The summed E-state index contributed by atoms with van der Waals surface area (Å²) in [7, 11) is 3.14. The molecule has 0 spiro atoms. The van der Waals surface area contributed by atoms with Crippen molar-refractivity contribution in [1.29, 1.82) is 0 Å². The summed E-state index contributed by atoms with van der Waals surface area (Å²) in [5.41, 5.74) is 6.66.